The van der Waals surface area contributed by atoms with Gasteiger partial charge in [-0.25, -0.2) is 0 Å². The second kappa shape index (κ2) is 7.26. The van der Waals surface area contributed by atoms with Crippen LogP contribution in [0.25, 0.3) is 0 Å². The Morgan fingerprint density at radius 2 is 1.94 bits per heavy atom. The molecular formula is C13H20BrNO2S. The number of methoxy groups -OCH3 is 2. The predicted molar refractivity (Wildman–Crippen MR) is 81.8 cm³/mol. The highest BCUT2D eigenvalue weighted by Gasteiger charge is 2.18. The van der Waals surface area contributed by atoms with Gasteiger partial charge in [0.25, 0.3) is 0 Å². The van der Waals surface area contributed by atoms with Crippen LogP contribution in [0.4, 0.5) is 0 Å². The maximum absolute atomic E-state index is 6.22. The van der Waals surface area contributed by atoms with Gasteiger partial charge in [0.1, 0.15) is 16.0 Å². The van der Waals surface area contributed by atoms with Crippen LogP contribution >= 0.6 is 27.7 Å². The molecule has 0 aliphatic heterocycles. The molecule has 0 amide bonds. The molecule has 0 aliphatic rings. The Kier molecular flexibility index (Phi) is 6.32. The Morgan fingerprint density at radius 3 is 2.44 bits per heavy atom. The Labute approximate surface area is 122 Å². The van der Waals surface area contributed by atoms with Gasteiger partial charge in [0.2, 0.25) is 0 Å². The van der Waals surface area contributed by atoms with Gasteiger partial charge in [0.05, 0.1) is 14.2 Å². The minimum Gasteiger partial charge on any atom is -0.495 e. The first kappa shape index (κ1) is 15.7. The van der Waals surface area contributed by atoms with Gasteiger partial charge in [0.15, 0.2) is 0 Å². The number of thioether (sulfide) groups is 1. The molecule has 18 heavy (non-hydrogen) atoms. The van der Waals surface area contributed by atoms with E-state index in [1.54, 1.807) is 14.2 Å². The highest BCUT2D eigenvalue weighted by Crippen LogP contribution is 2.39. The van der Waals surface area contributed by atoms with Crippen molar-refractivity contribution in [2.45, 2.75) is 25.1 Å². The van der Waals surface area contributed by atoms with Crippen molar-refractivity contribution in [2.75, 3.05) is 20.0 Å². The van der Waals surface area contributed by atoms with E-state index in [1.165, 1.54) is 0 Å². The number of hydrogen-bond donors (Lipinski definition) is 1. The molecule has 3 nitrogen and oxygen atoms in total. The van der Waals surface area contributed by atoms with Gasteiger partial charge in [-0.2, -0.15) is 11.8 Å². The van der Waals surface area contributed by atoms with Crippen LogP contribution in [-0.2, 0) is 0 Å². The van der Waals surface area contributed by atoms with E-state index in [0.29, 0.717) is 5.25 Å². The molecule has 0 saturated carbocycles. The first-order valence-electron chi connectivity index (χ1n) is 5.78. The first-order chi connectivity index (χ1) is 8.51. The van der Waals surface area contributed by atoms with Gasteiger partial charge in [-0.15, -0.1) is 0 Å². The van der Waals surface area contributed by atoms with Crippen molar-refractivity contribution in [3.63, 3.8) is 0 Å². The summed E-state index contributed by atoms with van der Waals surface area (Å²) in [5.41, 5.74) is 7.22. The lowest BCUT2D eigenvalue weighted by Gasteiger charge is -2.18. The first-order valence-corrected chi connectivity index (χ1v) is 7.63. The smallest absolute Gasteiger partial charge is 0.141 e. The third-order valence-electron chi connectivity index (χ3n) is 2.52. The summed E-state index contributed by atoms with van der Waals surface area (Å²) < 4.78 is 11.5. The van der Waals surface area contributed by atoms with Gasteiger partial charge >= 0.3 is 0 Å². The highest BCUT2D eigenvalue weighted by atomic mass is 79.9. The molecule has 1 aromatic rings. The Balaban J connectivity index is 2.97. The maximum atomic E-state index is 6.22. The van der Waals surface area contributed by atoms with E-state index in [-0.39, 0.29) is 6.04 Å². The van der Waals surface area contributed by atoms with Gasteiger partial charge in [-0.3, -0.25) is 0 Å². The molecule has 0 bridgehead atoms. The summed E-state index contributed by atoms with van der Waals surface area (Å²) in [4.78, 5) is 0. The van der Waals surface area contributed by atoms with Crippen LogP contribution in [0.2, 0.25) is 0 Å². The monoisotopic (exact) mass is 333 g/mol. The van der Waals surface area contributed by atoms with Crippen molar-refractivity contribution in [1.82, 2.24) is 0 Å². The molecule has 1 aromatic carbocycles. The summed E-state index contributed by atoms with van der Waals surface area (Å²) in [5, 5.41) is 0.573. The second-order valence-electron chi connectivity index (χ2n) is 4.19. The molecule has 1 unspecified atom stereocenters. The van der Waals surface area contributed by atoms with E-state index >= 15 is 0 Å². The van der Waals surface area contributed by atoms with E-state index in [9.17, 15) is 0 Å². The minimum atomic E-state index is -0.0467. The topological polar surface area (TPSA) is 44.5 Å². The standard InChI is InChI=1S/C13H20BrNO2S/c1-8(2)18-7-10(15)9-5-6-11(16-3)12(14)13(9)17-4/h5-6,8,10H,7,15H2,1-4H3. The molecule has 0 aromatic heterocycles. The quantitative estimate of drug-likeness (QED) is 0.863. The molecule has 0 heterocycles. The molecule has 1 atom stereocenters. The van der Waals surface area contributed by atoms with Crippen LogP contribution in [0.15, 0.2) is 16.6 Å². The number of rotatable bonds is 6. The summed E-state index contributed by atoms with van der Waals surface area (Å²) in [6.45, 7) is 4.33. The van der Waals surface area contributed by atoms with E-state index < -0.39 is 0 Å². The zero-order valence-corrected chi connectivity index (χ0v) is 13.6. The van der Waals surface area contributed by atoms with Crippen molar-refractivity contribution in [3.05, 3.63) is 22.2 Å². The summed E-state index contributed by atoms with van der Waals surface area (Å²) >= 11 is 5.33. The van der Waals surface area contributed by atoms with E-state index in [2.05, 4.69) is 29.8 Å². The largest absolute Gasteiger partial charge is 0.495 e. The maximum Gasteiger partial charge on any atom is 0.141 e. The Morgan fingerprint density at radius 1 is 1.28 bits per heavy atom. The van der Waals surface area contributed by atoms with Crippen molar-refractivity contribution < 1.29 is 9.47 Å². The molecule has 0 aliphatic carbocycles. The van der Waals surface area contributed by atoms with Gasteiger partial charge in [-0.1, -0.05) is 13.8 Å². The number of benzene rings is 1. The SMILES string of the molecule is COc1ccc(C(N)CSC(C)C)c(OC)c1Br. The van der Waals surface area contributed by atoms with Crippen molar-refractivity contribution in [2.24, 2.45) is 5.73 Å². The Hall–Kier alpha value is -0.390. The predicted octanol–water partition coefficient (Wildman–Crippen LogP) is 3.61. The minimum absolute atomic E-state index is 0.0467. The van der Waals surface area contributed by atoms with Crippen LogP contribution in [-0.4, -0.2) is 25.2 Å². The Bertz CT molecular complexity index is 399. The number of ether oxygens (including phenoxy) is 2. The van der Waals surface area contributed by atoms with Crippen molar-refractivity contribution in [1.29, 1.82) is 0 Å². The van der Waals surface area contributed by atoms with Crippen LogP contribution < -0.4 is 15.2 Å². The second-order valence-corrected chi connectivity index (χ2v) is 6.60. The fraction of sp³-hybridized carbons (Fsp3) is 0.538. The summed E-state index contributed by atoms with van der Waals surface area (Å²) in [5.74, 6) is 2.37. The number of hydrogen-bond acceptors (Lipinski definition) is 4. The van der Waals surface area contributed by atoms with Crippen LogP contribution in [0, 0.1) is 0 Å². The third kappa shape index (κ3) is 3.80. The van der Waals surface area contributed by atoms with E-state index in [0.717, 1.165) is 27.3 Å². The molecule has 102 valence electrons. The lowest BCUT2D eigenvalue weighted by molar-refractivity contribution is 0.384. The zero-order valence-electron chi connectivity index (χ0n) is 11.2. The molecule has 5 heteroatoms. The lowest BCUT2D eigenvalue weighted by atomic mass is 10.1. The number of halogens is 1. The third-order valence-corrected chi connectivity index (χ3v) is 4.49. The van der Waals surface area contributed by atoms with Gasteiger partial charge in [0, 0.05) is 17.4 Å². The molecule has 2 N–H and O–H groups in total. The summed E-state index contributed by atoms with van der Waals surface area (Å²) in [7, 11) is 3.28. The molecule has 0 spiro atoms. The van der Waals surface area contributed by atoms with Gasteiger partial charge in [-0.05, 0) is 33.3 Å². The average molecular weight is 334 g/mol. The number of nitrogens with two attached hydrogens (primary N) is 1. The molecule has 0 radical (unpaired) electrons. The van der Waals surface area contributed by atoms with Crippen molar-refractivity contribution in [3.8, 4) is 11.5 Å². The molecule has 1 rings (SSSR count). The molecule has 0 saturated heterocycles. The van der Waals surface area contributed by atoms with Crippen molar-refractivity contribution >= 4 is 27.7 Å². The van der Waals surface area contributed by atoms with Crippen LogP contribution in [0.1, 0.15) is 25.5 Å². The summed E-state index contributed by atoms with van der Waals surface area (Å²) in [6.07, 6.45) is 0. The fourth-order valence-corrected chi connectivity index (χ4v) is 3.05. The van der Waals surface area contributed by atoms with Crippen LogP contribution in [0.5, 0.6) is 11.5 Å². The van der Waals surface area contributed by atoms with E-state index in [1.807, 2.05) is 23.9 Å². The highest BCUT2D eigenvalue weighted by molar-refractivity contribution is 9.10. The lowest BCUT2D eigenvalue weighted by Crippen LogP contribution is -2.15. The molecule has 0 fully saturated rings. The zero-order chi connectivity index (χ0) is 13.7. The molecular weight excluding hydrogens is 314 g/mol. The van der Waals surface area contributed by atoms with Gasteiger partial charge < -0.3 is 15.2 Å². The average Bonchev–Trinajstić information content (AvgIpc) is 2.35. The van der Waals surface area contributed by atoms with E-state index in [4.69, 9.17) is 15.2 Å². The van der Waals surface area contributed by atoms with Crippen LogP contribution in [0.3, 0.4) is 0 Å². The normalized spacial score (nSPS) is 12.6. The summed E-state index contributed by atoms with van der Waals surface area (Å²) in [6, 6.07) is 3.82. The fourth-order valence-electron chi connectivity index (χ4n) is 1.60.